The van der Waals surface area contributed by atoms with Crippen LogP contribution in [0.5, 0.6) is 5.75 Å². The average Bonchev–Trinajstić information content (AvgIpc) is 2.64. The number of nitrogens with two attached hydrogens (primary N) is 1. The zero-order valence-corrected chi connectivity index (χ0v) is 9.60. The molecule has 2 rings (SSSR count). The number of aryl methyl sites for hydroxylation is 1. The van der Waals surface area contributed by atoms with Crippen LogP contribution in [0.1, 0.15) is 5.56 Å². The van der Waals surface area contributed by atoms with Crippen molar-refractivity contribution in [3.8, 4) is 16.2 Å². The molecule has 0 atom stereocenters. The van der Waals surface area contributed by atoms with E-state index in [0.717, 1.165) is 17.0 Å². The first-order valence-corrected chi connectivity index (χ1v) is 5.58. The van der Waals surface area contributed by atoms with Gasteiger partial charge in [-0.15, -0.1) is 11.3 Å². The predicted molar refractivity (Wildman–Crippen MR) is 65.5 cm³/mol. The molecule has 0 aliphatic rings. The number of rotatable bonds is 2. The highest BCUT2D eigenvalue weighted by atomic mass is 32.1. The summed E-state index contributed by atoms with van der Waals surface area (Å²) >= 11 is 1.71. The minimum absolute atomic E-state index is 0.763. The van der Waals surface area contributed by atoms with Crippen molar-refractivity contribution in [2.24, 2.45) is 0 Å². The molecule has 0 amide bonds. The quantitative estimate of drug-likeness (QED) is 0.786. The maximum absolute atomic E-state index is 5.79. The number of hydrogen-bond acceptors (Lipinski definition) is 3. The summed E-state index contributed by atoms with van der Waals surface area (Å²) in [6.07, 6.45) is 0. The molecule has 0 radical (unpaired) electrons. The molecular formula is C12H13NOS. The van der Waals surface area contributed by atoms with Gasteiger partial charge >= 0.3 is 0 Å². The fraction of sp³-hybridized carbons (Fsp3) is 0.167. The lowest BCUT2D eigenvalue weighted by atomic mass is 10.1. The van der Waals surface area contributed by atoms with E-state index in [1.165, 1.54) is 10.4 Å². The van der Waals surface area contributed by atoms with Crippen LogP contribution in [-0.4, -0.2) is 7.11 Å². The first-order valence-electron chi connectivity index (χ1n) is 4.70. The van der Waals surface area contributed by atoms with Gasteiger partial charge in [-0.3, -0.25) is 0 Å². The van der Waals surface area contributed by atoms with Crippen molar-refractivity contribution in [1.29, 1.82) is 0 Å². The van der Waals surface area contributed by atoms with Gasteiger partial charge in [-0.05, 0) is 42.1 Å². The highest BCUT2D eigenvalue weighted by molar-refractivity contribution is 7.13. The lowest BCUT2D eigenvalue weighted by Gasteiger charge is -2.08. The standard InChI is InChI=1S/C12H13NOS/c1-8-5-6-15-12(8)10-7-9(13)3-4-11(10)14-2/h3-7H,13H2,1-2H3. The van der Waals surface area contributed by atoms with Gasteiger partial charge in [-0.1, -0.05) is 0 Å². The largest absolute Gasteiger partial charge is 0.496 e. The lowest BCUT2D eigenvalue weighted by Crippen LogP contribution is -1.90. The van der Waals surface area contributed by atoms with E-state index in [0.29, 0.717) is 0 Å². The first-order chi connectivity index (χ1) is 7.22. The maximum atomic E-state index is 5.79. The Labute approximate surface area is 93.3 Å². The Kier molecular flexibility index (Phi) is 2.64. The molecule has 3 heteroatoms. The van der Waals surface area contributed by atoms with Gasteiger partial charge in [0.2, 0.25) is 0 Å². The van der Waals surface area contributed by atoms with Crippen LogP contribution in [-0.2, 0) is 0 Å². The third-order valence-corrected chi connectivity index (χ3v) is 3.38. The summed E-state index contributed by atoms with van der Waals surface area (Å²) < 4.78 is 5.33. The Morgan fingerprint density at radius 3 is 2.67 bits per heavy atom. The summed E-state index contributed by atoms with van der Waals surface area (Å²) in [5.74, 6) is 0.870. The molecule has 1 aromatic carbocycles. The smallest absolute Gasteiger partial charge is 0.127 e. The van der Waals surface area contributed by atoms with Crippen LogP contribution in [0, 0.1) is 6.92 Å². The fourth-order valence-corrected chi connectivity index (χ4v) is 2.50. The van der Waals surface area contributed by atoms with Crippen molar-refractivity contribution in [3.63, 3.8) is 0 Å². The molecule has 0 saturated heterocycles. The van der Waals surface area contributed by atoms with Crippen molar-refractivity contribution in [2.75, 3.05) is 12.8 Å². The molecule has 0 spiro atoms. The third-order valence-electron chi connectivity index (χ3n) is 2.33. The second-order valence-electron chi connectivity index (χ2n) is 3.39. The molecule has 0 bridgehead atoms. The van der Waals surface area contributed by atoms with Crippen LogP contribution in [0.4, 0.5) is 5.69 Å². The van der Waals surface area contributed by atoms with Gasteiger partial charge in [0.15, 0.2) is 0 Å². The molecule has 15 heavy (non-hydrogen) atoms. The van der Waals surface area contributed by atoms with Crippen LogP contribution in [0.15, 0.2) is 29.6 Å². The summed E-state index contributed by atoms with van der Waals surface area (Å²) in [7, 11) is 1.68. The highest BCUT2D eigenvalue weighted by Gasteiger charge is 2.09. The van der Waals surface area contributed by atoms with Crippen molar-refractivity contribution in [2.45, 2.75) is 6.92 Å². The molecular weight excluding hydrogens is 206 g/mol. The van der Waals surface area contributed by atoms with Crippen LogP contribution >= 0.6 is 11.3 Å². The Morgan fingerprint density at radius 2 is 2.07 bits per heavy atom. The summed E-state index contributed by atoms with van der Waals surface area (Å²) in [6, 6.07) is 7.81. The summed E-state index contributed by atoms with van der Waals surface area (Å²) in [6.45, 7) is 2.09. The number of anilines is 1. The highest BCUT2D eigenvalue weighted by Crippen LogP contribution is 2.36. The average molecular weight is 219 g/mol. The van der Waals surface area contributed by atoms with Crippen molar-refractivity contribution >= 4 is 17.0 Å². The topological polar surface area (TPSA) is 35.2 Å². The SMILES string of the molecule is COc1ccc(N)cc1-c1sccc1C. The summed E-state index contributed by atoms with van der Waals surface area (Å²) in [5.41, 5.74) is 8.88. The molecule has 0 unspecified atom stereocenters. The molecule has 2 aromatic rings. The van der Waals surface area contributed by atoms with Crippen molar-refractivity contribution in [3.05, 3.63) is 35.2 Å². The fourth-order valence-electron chi connectivity index (χ4n) is 1.55. The number of thiophene rings is 1. The zero-order chi connectivity index (χ0) is 10.8. The molecule has 2 N–H and O–H groups in total. The Balaban J connectivity index is 2.60. The van der Waals surface area contributed by atoms with E-state index in [9.17, 15) is 0 Å². The third kappa shape index (κ3) is 1.83. The maximum Gasteiger partial charge on any atom is 0.127 e. The van der Waals surface area contributed by atoms with Gasteiger partial charge in [0.25, 0.3) is 0 Å². The first kappa shape index (κ1) is 10.1. The molecule has 2 nitrogen and oxygen atoms in total. The minimum Gasteiger partial charge on any atom is -0.496 e. The van der Waals surface area contributed by atoms with Crippen LogP contribution < -0.4 is 10.5 Å². The predicted octanol–water partition coefficient (Wildman–Crippen LogP) is 3.31. The van der Waals surface area contributed by atoms with Gasteiger partial charge in [0, 0.05) is 16.1 Å². The number of benzene rings is 1. The van der Waals surface area contributed by atoms with Gasteiger partial charge in [0.05, 0.1) is 7.11 Å². The van der Waals surface area contributed by atoms with E-state index in [2.05, 4.69) is 18.4 Å². The van der Waals surface area contributed by atoms with Crippen LogP contribution in [0.2, 0.25) is 0 Å². The normalized spacial score (nSPS) is 10.3. The lowest BCUT2D eigenvalue weighted by molar-refractivity contribution is 0.416. The number of nitrogen functional groups attached to an aromatic ring is 1. The van der Waals surface area contributed by atoms with Gasteiger partial charge in [-0.2, -0.15) is 0 Å². The number of methoxy groups -OCH3 is 1. The Hall–Kier alpha value is -1.48. The zero-order valence-electron chi connectivity index (χ0n) is 8.78. The van der Waals surface area contributed by atoms with E-state index < -0.39 is 0 Å². The van der Waals surface area contributed by atoms with Gasteiger partial charge < -0.3 is 10.5 Å². The Morgan fingerprint density at radius 1 is 1.27 bits per heavy atom. The van der Waals surface area contributed by atoms with Crippen molar-refractivity contribution in [1.82, 2.24) is 0 Å². The Bertz CT molecular complexity index is 476. The molecule has 0 fully saturated rings. The summed E-state index contributed by atoms with van der Waals surface area (Å²) in [5, 5.41) is 2.08. The molecule has 1 heterocycles. The second kappa shape index (κ2) is 3.95. The minimum atomic E-state index is 0.763. The number of ether oxygens (including phenoxy) is 1. The van der Waals surface area contributed by atoms with E-state index in [1.807, 2.05) is 18.2 Å². The van der Waals surface area contributed by atoms with Gasteiger partial charge in [0.1, 0.15) is 5.75 Å². The van der Waals surface area contributed by atoms with E-state index >= 15 is 0 Å². The van der Waals surface area contributed by atoms with Crippen molar-refractivity contribution < 1.29 is 4.74 Å². The van der Waals surface area contributed by atoms with E-state index in [-0.39, 0.29) is 0 Å². The molecule has 0 aliphatic carbocycles. The molecule has 78 valence electrons. The van der Waals surface area contributed by atoms with E-state index in [1.54, 1.807) is 18.4 Å². The van der Waals surface area contributed by atoms with E-state index in [4.69, 9.17) is 10.5 Å². The second-order valence-corrected chi connectivity index (χ2v) is 4.31. The molecule has 0 aliphatic heterocycles. The monoisotopic (exact) mass is 219 g/mol. The van der Waals surface area contributed by atoms with Crippen LogP contribution in [0.25, 0.3) is 10.4 Å². The van der Waals surface area contributed by atoms with Gasteiger partial charge in [-0.25, -0.2) is 0 Å². The van der Waals surface area contributed by atoms with Crippen LogP contribution in [0.3, 0.4) is 0 Å². The number of hydrogen-bond donors (Lipinski definition) is 1. The molecule has 0 saturated carbocycles. The molecule has 1 aromatic heterocycles. The summed E-state index contributed by atoms with van der Waals surface area (Å²) in [4.78, 5) is 1.22.